The van der Waals surface area contributed by atoms with Gasteiger partial charge in [0.1, 0.15) is 5.75 Å². The van der Waals surface area contributed by atoms with E-state index in [1.165, 1.54) is 0 Å². The number of benzene rings is 1. The van der Waals surface area contributed by atoms with Crippen molar-refractivity contribution in [3.63, 3.8) is 0 Å². The number of methoxy groups -OCH3 is 1. The summed E-state index contributed by atoms with van der Waals surface area (Å²) in [5.41, 5.74) is 2.37. The maximum absolute atomic E-state index is 12.8. The van der Waals surface area contributed by atoms with Gasteiger partial charge in [-0.15, -0.1) is 0 Å². The van der Waals surface area contributed by atoms with Crippen LogP contribution in [0.4, 0.5) is 0 Å². The summed E-state index contributed by atoms with van der Waals surface area (Å²) in [6, 6.07) is 11.1. The van der Waals surface area contributed by atoms with Crippen LogP contribution in [0.5, 0.6) is 5.75 Å². The van der Waals surface area contributed by atoms with Gasteiger partial charge in [0.05, 0.1) is 24.8 Å². The molecule has 3 rings (SSSR count). The third-order valence-electron chi connectivity index (χ3n) is 4.18. The fraction of sp³-hybridized carbons (Fsp3) is 0.333. The molecule has 0 saturated carbocycles. The van der Waals surface area contributed by atoms with Gasteiger partial charge in [0.15, 0.2) is 0 Å². The maximum atomic E-state index is 12.8. The van der Waals surface area contributed by atoms with E-state index in [1.807, 2.05) is 37.3 Å². The van der Waals surface area contributed by atoms with Gasteiger partial charge in [-0.3, -0.25) is 9.78 Å². The largest absolute Gasteiger partial charge is 0.497 e. The Balaban J connectivity index is 1.89. The van der Waals surface area contributed by atoms with E-state index in [1.54, 1.807) is 24.3 Å². The van der Waals surface area contributed by atoms with Crippen LogP contribution in [0.3, 0.4) is 0 Å². The number of amides is 1. The molecule has 2 aromatic rings. The van der Waals surface area contributed by atoms with Crippen LogP contribution < -0.4 is 4.74 Å². The highest BCUT2D eigenvalue weighted by molar-refractivity contribution is 5.94. The summed E-state index contributed by atoms with van der Waals surface area (Å²) < 4.78 is 5.26. The second-order valence-electron chi connectivity index (χ2n) is 5.83. The number of aliphatic hydroxyl groups is 1. The van der Waals surface area contributed by atoms with E-state index in [0.717, 1.165) is 17.0 Å². The van der Waals surface area contributed by atoms with Crippen molar-refractivity contribution in [2.45, 2.75) is 25.5 Å². The quantitative estimate of drug-likeness (QED) is 0.945. The lowest BCUT2D eigenvalue weighted by Gasteiger charge is -2.25. The number of carbonyl (C=O) groups is 1. The Labute approximate surface area is 135 Å². The number of likely N-dealkylation sites (tertiary alicyclic amines) is 1. The topological polar surface area (TPSA) is 62.7 Å². The zero-order valence-corrected chi connectivity index (χ0v) is 13.3. The Bertz CT molecular complexity index is 700. The lowest BCUT2D eigenvalue weighted by molar-refractivity contribution is 0.0715. The monoisotopic (exact) mass is 312 g/mol. The van der Waals surface area contributed by atoms with E-state index < -0.39 is 6.10 Å². The number of aryl methyl sites for hydroxylation is 1. The van der Waals surface area contributed by atoms with Gasteiger partial charge in [0.25, 0.3) is 5.91 Å². The molecule has 2 atom stereocenters. The van der Waals surface area contributed by atoms with E-state index in [9.17, 15) is 9.90 Å². The molecular weight excluding hydrogens is 292 g/mol. The van der Waals surface area contributed by atoms with Crippen molar-refractivity contribution in [2.24, 2.45) is 0 Å². The van der Waals surface area contributed by atoms with Crippen molar-refractivity contribution in [3.05, 3.63) is 59.4 Å². The summed E-state index contributed by atoms with van der Waals surface area (Å²) in [6.45, 7) is 2.21. The molecule has 0 aliphatic carbocycles. The molecule has 0 bridgehead atoms. The Morgan fingerprint density at radius 2 is 2.17 bits per heavy atom. The van der Waals surface area contributed by atoms with Crippen molar-refractivity contribution in [2.75, 3.05) is 13.7 Å². The molecule has 1 aliphatic heterocycles. The average molecular weight is 312 g/mol. The average Bonchev–Trinajstić information content (AvgIpc) is 2.97. The molecule has 5 nitrogen and oxygen atoms in total. The summed E-state index contributed by atoms with van der Waals surface area (Å²) in [5.74, 6) is 0.634. The molecule has 0 radical (unpaired) electrons. The van der Waals surface area contributed by atoms with Crippen LogP contribution in [0.1, 0.15) is 34.1 Å². The van der Waals surface area contributed by atoms with Gasteiger partial charge < -0.3 is 14.7 Å². The molecule has 1 fully saturated rings. The molecule has 0 unspecified atom stereocenters. The van der Waals surface area contributed by atoms with Gasteiger partial charge in [-0.05, 0) is 43.2 Å². The number of carbonyl (C=O) groups excluding carboxylic acids is 1. The number of β-amino-alcohol motifs (C(OH)–C–C–N with tert-alkyl or cyclic N) is 1. The Hall–Kier alpha value is -2.40. The van der Waals surface area contributed by atoms with Crippen LogP contribution >= 0.6 is 0 Å². The van der Waals surface area contributed by atoms with E-state index in [2.05, 4.69) is 4.98 Å². The number of nitrogens with zero attached hydrogens (tertiary/aromatic N) is 2. The second kappa shape index (κ2) is 6.38. The smallest absolute Gasteiger partial charge is 0.256 e. The summed E-state index contributed by atoms with van der Waals surface area (Å²) >= 11 is 0. The molecule has 1 aliphatic rings. The van der Waals surface area contributed by atoms with Crippen molar-refractivity contribution in [3.8, 4) is 5.75 Å². The van der Waals surface area contributed by atoms with Crippen LogP contribution in [-0.4, -0.2) is 40.7 Å². The first kappa shape index (κ1) is 15.5. The standard InChI is InChI=1S/C18H20N2O3/c1-12-6-7-14(10-19-12)18(22)20-11-15(21)9-17(20)13-4-3-5-16(8-13)23-2/h3-8,10,15,17,21H,9,11H2,1-2H3/t15-,17+/m0/s1. The summed E-state index contributed by atoms with van der Waals surface area (Å²) in [5, 5.41) is 10.1. The number of hydrogen-bond acceptors (Lipinski definition) is 4. The van der Waals surface area contributed by atoms with Gasteiger partial charge in [-0.1, -0.05) is 12.1 Å². The van der Waals surface area contributed by atoms with Crippen molar-refractivity contribution < 1.29 is 14.6 Å². The van der Waals surface area contributed by atoms with E-state index in [4.69, 9.17) is 4.74 Å². The third kappa shape index (κ3) is 3.19. The number of rotatable bonds is 3. The number of aliphatic hydroxyl groups excluding tert-OH is 1. The number of pyridine rings is 1. The fourth-order valence-corrected chi connectivity index (χ4v) is 2.96. The van der Waals surface area contributed by atoms with E-state index in [0.29, 0.717) is 18.5 Å². The molecule has 120 valence electrons. The van der Waals surface area contributed by atoms with Crippen LogP contribution in [0.2, 0.25) is 0 Å². The van der Waals surface area contributed by atoms with Crippen molar-refractivity contribution in [1.29, 1.82) is 0 Å². The molecule has 23 heavy (non-hydrogen) atoms. The van der Waals surface area contributed by atoms with Crippen LogP contribution in [-0.2, 0) is 0 Å². The number of ether oxygens (including phenoxy) is 1. The molecule has 1 aromatic carbocycles. The van der Waals surface area contributed by atoms with Gasteiger partial charge >= 0.3 is 0 Å². The lowest BCUT2D eigenvalue weighted by atomic mass is 10.0. The molecule has 0 spiro atoms. The minimum absolute atomic E-state index is 0.109. The third-order valence-corrected chi connectivity index (χ3v) is 4.18. The lowest BCUT2D eigenvalue weighted by Crippen LogP contribution is -2.31. The number of aromatic nitrogens is 1. The van der Waals surface area contributed by atoms with Crippen LogP contribution in [0.25, 0.3) is 0 Å². The molecular formula is C18H20N2O3. The second-order valence-corrected chi connectivity index (χ2v) is 5.83. The summed E-state index contributed by atoms with van der Waals surface area (Å²) in [6.07, 6.45) is 1.59. The number of hydrogen-bond donors (Lipinski definition) is 1. The Morgan fingerprint density at radius 1 is 1.35 bits per heavy atom. The normalized spacial score (nSPS) is 20.6. The first-order chi connectivity index (χ1) is 11.1. The van der Waals surface area contributed by atoms with Crippen LogP contribution in [0.15, 0.2) is 42.6 Å². The molecule has 1 aromatic heterocycles. The minimum Gasteiger partial charge on any atom is -0.497 e. The first-order valence-corrected chi connectivity index (χ1v) is 7.64. The van der Waals surface area contributed by atoms with E-state index in [-0.39, 0.29) is 11.9 Å². The SMILES string of the molecule is COc1cccc([C@H]2C[C@H](O)CN2C(=O)c2ccc(C)nc2)c1. The zero-order chi connectivity index (χ0) is 16.4. The molecule has 1 N–H and O–H groups in total. The highest BCUT2D eigenvalue weighted by Crippen LogP contribution is 2.34. The predicted molar refractivity (Wildman–Crippen MR) is 86.4 cm³/mol. The van der Waals surface area contributed by atoms with E-state index >= 15 is 0 Å². The zero-order valence-electron chi connectivity index (χ0n) is 13.3. The van der Waals surface area contributed by atoms with Gasteiger partial charge in [-0.2, -0.15) is 0 Å². The minimum atomic E-state index is -0.520. The Kier molecular flexibility index (Phi) is 4.30. The van der Waals surface area contributed by atoms with Crippen molar-refractivity contribution in [1.82, 2.24) is 9.88 Å². The summed E-state index contributed by atoms with van der Waals surface area (Å²) in [4.78, 5) is 18.7. The molecule has 1 saturated heterocycles. The van der Waals surface area contributed by atoms with Crippen LogP contribution in [0, 0.1) is 6.92 Å². The van der Waals surface area contributed by atoms with Gasteiger partial charge in [0.2, 0.25) is 0 Å². The van der Waals surface area contributed by atoms with Crippen molar-refractivity contribution >= 4 is 5.91 Å². The summed E-state index contributed by atoms with van der Waals surface area (Å²) in [7, 11) is 1.61. The fourth-order valence-electron chi connectivity index (χ4n) is 2.96. The first-order valence-electron chi connectivity index (χ1n) is 7.64. The van der Waals surface area contributed by atoms with Gasteiger partial charge in [0, 0.05) is 18.4 Å². The molecule has 5 heteroatoms. The Morgan fingerprint density at radius 3 is 2.87 bits per heavy atom. The molecule has 2 heterocycles. The highest BCUT2D eigenvalue weighted by atomic mass is 16.5. The van der Waals surface area contributed by atoms with Gasteiger partial charge in [-0.25, -0.2) is 0 Å². The maximum Gasteiger partial charge on any atom is 0.256 e. The molecule has 1 amide bonds. The highest BCUT2D eigenvalue weighted by Gasteiger charge is 2.35. The predicted octanol–water partition coefficient (Wildman–Crippen LogP) is 2.35.